The molecule has 3 fully saturated rings. The maximum absolute atomic E-state index is 12.9. The van der Waals surface area contributed by atoms with Gasteiger partial charge in [0.05, 0.1) is 20.0 Å². The zero-order valence-electron chi connectivity index (χ0n) is 18.5. The summed E-state index contributed by atoms with van der Waals surface area (Å²) in [5, 5.41) is 0. The minimum absolute atomic E-state index is 0.0301. The zero-order valence-corrected chi connectivity index (χ0v) is 18.5. The predicted octanol–water partition coefficient (Wildman–Crippen LogP) is 3.29. The molecule has 1 heterocycles. The largest absolute Gasteiger partial charge is 0.415 e. The monoisotopic (exact) mass is 416 g/mol. The maximum Gasteiger partial charge on any atom is 0.414 e. The van der Waals surface area contributed by atoms with E-state index in [0.29, 0.717) is 28.4 Å². The second-order valence-corrected chi connectivity index (χ2v) is 10.3. The highest BCUT2D eigenvalue weighted by Gasteiger charge is 2.50. The average molecular weight is 417 g/mol. The minimum atomic E-state index is -0.442. The lowest BCUT2D eigenvalue weighted by molar-refractivity contribution is -0.920. The van der Waals surface area contributed by atoms with Crippen LogP contribution < -0.4 is 4.74 Å². The molecule has 3 saturated carbocycles. The smallest absolute Gasteiger partial charge is 0.414 e. The molecule has 0 unspecified atom stereocenters. The topological polar surface area (TPSA) is 68.7 Å². The molecule has 3 bridgehead atoms. The molecule has 3 aliphatic carbocycles. The fourth-order valence-corrected chi connectivity index (χ4v) is 5.77. The van der Waals surface area contributed by atoms with Gasteiger partial charge in [0, 0.05) is 20.3 Å². The standard InChI is InChI=1S/C23H34N3O4/c1-25(2)23(28)30-21-6-5-7-24-20(21)13-26(3,4)14-29-22(27)19-12-17-9-15-8-16(17)11-18(19)10-15/h5-7,15-19H,8-14H2,1-4H3/q+1/t15-,16+,17-,18-,19-/m0/s1. The van der Waals surface area contributed by atoms with Crippen LogP contribution in [0.25, 0.3) is 0 Å². The van der Waals surface area contributed by atoms with E-state index < -0.39 is 6.09 Å². The van der Waals surface area contributed by atoms with Crippen LogP contribution in [0.1, 0.15) is 37.8 Å². The van der Waals surface area contributed by atoms with Crippen molar-refractivity contribution in [2.75, 3.05) is 34.9 Å². The van der Waals surface area contributed by atoms with Gasteiger partial charge in [-0.1, -0.05) is 0 Å². The Labute approximate surface area is 178 Å². The summed E-state index contributed by atoms with van der Waals surface area (Å²) in [5.74, 6) is 3.43. The van der Waals surface area contributed by atoms with Crippen molar-refractivity contribution in [3.05, 3.63) is 24.0 Å². The number of quaternary nitrogens is 1. The minimum Gasteiger partial charge on any atom is -0.415 e. The molecule has 0 aliphatic heterocycles. The molecule has 0 N–H and O–H groups in total. The molecule has 0 aromatic carbocycles. The molecule has 5 atom stereocenters. The first-order chi connectivity index (χ1) is 14.2. The quantitative estimate of drug-likeness (QED) is 0.404. The van der Waals surface area contributed by atoms with Crippen molar-refractivity contribution in [3.8, 4) is 5.75 Å². The van der Waals surface area contributed by atoms with Gasteiger partial charge in [0.2, 0.25) is 6.73 Å². The van der Waals surface area contributed by atoms with Gasteiger partial charge >= 0.3 is 12.1 Å². The average Bonchev–Trinajstić information content (AvgIpc) is 2.89. The zero-order chi connectivity index (χ0) is 21.5. The van der Waals surface area contributed by atoms with E-state index in [9.17, 15) is 9.59 Å². The summed E-state index contributed by atoms with van der Waals surface area (Å²) in [7, 11) is 7.27. The van der Waals surface area contributed by atoms with Crippen molar-refractivity contribution < 1.29 is 23.5 Å². The van der Waals surface area contributed by atoms with E-state index >= 15 is 0 Å². The van der Waals surface area contributed by atoms with Crippen LogP contribution >= 0.6 is 0 Å². The number of pyridine rings is 1. The number of carbonyl (C=O) groups is 2. The molecule has 1 amide bonds. The molecule has 4 rings (SSSR count). The van der Waals surface area contributed by atoms with Crippen molar-refractivity contribution in [2.45, 2.75) is 38.6 Å². The molecule has 164 valence electrons. The molecule has 1 aromatic rings. The van der Waals surface area contributed by atoms with Crippen LogP contribution in [0.2, 0.25) is 0 Å². The molecule has 30 heavy (non-hydrogen) atoms. The summed E-state index contributed by atoms with van der Waals surface area (Å²) in [4.78, 5) is 30.6. The molecule has 1 aromatic heterocycles. The Kier molecular flexibility index (Phi) is 5.75. The normalized spacial score (nSPS) is 29.5. The molecular formula is C23H34N3O4+. The lowest BCUT2D eigenvalue weighted by Crippen LogP contribution is -2.44. The van der Waals surface area contributed by atoms with Crippen molar-refractivity contribution >= 4 is 12.1 Å². The third-order valence-corrected chi connectivity index (χ3v) is 7.15. The van der Waals surface area contributed by atoms with E-state index in [1.165, 1.54) is 30.6 Å². The Morgan fingerprint density at radius 2 is 1.80 bits per heavy atom. The molecule has 0 radical (unpaired) electrons. The lowest BCUT2D eigenvalue weighted by atomic mass is 9.67. The van der Waals surface area contributed by atoms with Crippen LogP contribution in [0, 0.1) is 29.6 Å². The summed E-state index contributed by atoms with van der Waals surface area (Å²) in [5.41, 5.74) is 0.669. The van der Waals surface area contributed by atoms with E-state index in [1.807, 2.05) is 14.1 Å². The Bertz CT molecular complexity index is 807. The SMILES string of the molecule is CN(C)C(=O)Oc1cccnc1C[N+](C)(C)COC(=O)[C@H]1C[C@@H]2C[C@@H]3C[C@@H]2C[C@@H]1C3. The number of hydrogen-bond donors (Lipinski definition) is 0. The van der Waals surface area contributed by atoms with Gasteiger partial charge in [-0.3, -0.25) is 14.3 Å². The third-order valence-electron chi connectivity index (χ3n) is 7.15. The van der Waals surface area contributed by atoms with Crippen LogP contribution in [0.4, 0.5) is 4.79 Å². The Hall–Kier alpha value is -2.15. The first-order valence-electron chi connectivity index (χ1n) is 11.0. The Balaban J connectivity index is 1.35. The predicted molar refractivity (Wildman–Crippen MR) is 111 cm³/mol. The van der Waals surface area contributed by atoms with E-state index in [-0.39, 0.29) is 18.6 Å². The molecule has 3 aliphatic rings. The van der Waals surface area contributed by atoms with Crippen molar-refractivity contribution in [1.82, 2.24) is 9.88 Å². The summed E-state index contributed by atoms with van der Waals surface area (Å²) in [6.07, 6.45) is 7.39. The maximum atomic E-state index is 12.9. The Morgan fingerprint density at radius 3 is 2.53 bits per heavy atom. The van der Waals surface area contributed by atoms with Crippen LogP contribution in [-0.4, -0.2) is 61.4 Å². The van der Waals surface area contributed by atoms with Crippen molar-refractivity contribution in [3.63, 3.8) is 0 Å². The fourth-order valence-electron chi connectivity index (χ4n) is 5.77. The van der Waals surface area contributed by atoms with Gasteiger partial charge in [-0.05, 0) is 67.9 Å². The first kappa shape index (κ1) is 21.1. The van der Waals surface area contributed by atoms with Crippen LogP contribution in [0.3, 0.4) is 0 Å². The van der Waals surface area contributed by atoms with Gasteiger partial charge in [0.1, 0.15) is 12.2 Å². The fraction of sp³-hybridized carbons (Fsp3) is 0.696. The van der Waals surface area contributed by atoms with E-state index in [2.05, 4.69) is 4.98 Å². The van der Waals surface area contributed by atoms with Crippen molar-refractivity contribution in [2.24, 2.45) is 29.6 Å². The summed E-state index contributed by atoms with van der Waals surface area (Å²) < 4.78 is 11.7. The van der Waals surface area contributed by atoms with Crippen LogP contribution in [0.15, 0.2) is 18.3 Å². The highest BCUT2D eigenvalue weighted by Crippen LogP contribution is 2.57. The number of carbonyl (C=O) groups excluding carboxylic acids is 2. The van der Waals surface area contributed by atoms with E-state index in [1.54, 1.807) is 32.4 Å². The van der Waals surface area contributed by atoms with Crippen molar-refractivity contribution in [1.29, 1.82) is 0 Å². The number of aromatic nitrogens is 1. The number of nitrogens with zero attached hydrogens (tertiary/aromatic N) is 3. The van der Waals surface area contributed by atoms with Gasteiger partial charge in [-0.2, -0.15) is 0 Å². The number of ether oxygens (including phenoxy) is 2. The highest BCUT2D eigenvalue weighted by molar-refractivity contribution is 5.73. The molecule has 7 heteroatoms. The summed E-state index contributed by atoms with van der Waals surface area (Å²) >= 11 is 0. The lowest BCUT2D eigenvalue weighted by Gasteiger charge is -2.39. The number of amides is 1. The third kappa shape index (κ3) is 4.46. The number of hydrogen-bond acceptors (Lipinski definition) is 5. The van der Waals surface area contributed by atoms with Gasteiger partial charge in [0.25, 0.3) is 0 Å². The van der Waals surface area contributed by atoms with Gasteiger partial charge < -0.3 is 14.4 Å². The number of esters is 1. The summed E-state index contributed by atoms with van der Waals surface area (Å²) in [6.45, 7) is 0.766. The van der Waals surface area contributed by atoms with E-state index in [0.717, 1.165) is 24.2 Å². The number of rotatable bonds is 6. The van der Waals surface area contributed by atoms with Gasteiger partial charge in [-0.25, -0.2) is 4.79 Å². The summed E-state index contributed by atoms with van der Waals surface area (Å²) in [6, 6.07) is 3.48. The second kappa shape index (κ2) is 8.17. The molecular weight excluding hydrogens is 382 g/mol. The van der Waals surface area contributed by atoms with Gasteiger partial charge in [-0.15, -0.1) is 0 Å². The molecule has 0 saturated heterocycles. The second-order valence-electron chi connectivity index (χ2n) is 10.3. The Morgan fingerprint density at radius 1 is 1.10 bits per heavy atom. The number of fused-ring (bicyclic) bond motifs is 2. The molecule has 0 spiro atoms. The van der Waals surface area contributed by atoms with Crippen LogP contribution in [-0.2, 0) is 16.1 Å². The van der Waals surface area contributed by atoms with E-state index in [4.69, 9.17) is 9.47 Å². The highest BCUT2D eigenvalue weighted by atomic mass is 16.6. The molecule has 7 nitrogen and oxygen atoms in total. The first-order valence-corrected chi connectivity index (χ1v) is 11.0. The van der Waals surface area contributed by atoms with Gasteiger partial charge in [0.15, 0.2) is 5.75 Å². The van der Waals surface area contributed by atoms with Crippen LogP contribution in [0.5, 0.6) is 5.75 Å².